The van der Waals surface area contributed by atoms with Crippen LogP contribution in [0.15, 0.2) is 29.2 Å². The zero-order valence-corrected chi connectivity index (χ0v) is 14.2. The van der Waals surface area contributed by atoms with E-state index in [1.807, 2.05) is 0 Å². The van der Waals surface area contributed by atoms with Crippen molar-refractivity contribution in [2.45, 2.75) is 50.3 Å². The molecule has 1 aromatic carbocycles. The van der Waals surface area contributed by atoms with Crippen molar-refractivity contribution in [2.24, 2.45) is 0 Å². The van der Waals surface area contributed by atoms with Crippen molar-refractivity contribution in [1.82, 2.24) is 0 Å². The highest BCUT2D eigenvalue weighted by Gasteiger charge is 2.09. The summed E-state index contributed by atoms with van der Waals surface area (Å²) in [5.74, 6) is -0.133. The van der Waals surface area contributed by atoms with Gasteiger partial charge in [0, 0.05) is 0 Å². The van der Waals surface area contributed by atoms with Crippen LogP contribution in [0.1, 0.15) is 45.4 Å². The van der Waals surface area contributed by atoms with E-state index >= 15 is 0 Å². The van der Waals surface area contributed by atoms with Crippen molar-refractivity contribution in [3.63, 3.8) is 0 Å². The normalized spacial score (nSPS) is 11.2. The summed E-state index contributed by atoms with van der Waals surface area (Å²) in [6.07, 6.45) is 6.71. The molecule has 0 saturated heterocycles. The van der Waals surface area contributed by atoms with Crippen molar-refractivity contribution in [3.8, 4) is 5.75 Å². The van der Waals surface area contributed by atoms with Crippen LogP contribution >= 0.6 is 0 Å². The summed E-state index contributed by atoms with van der Waals surface area (Å²) in [6.45, 7) is 2.31. The third-order valence-electron chi connectivity index (χ3n) is 3.24. The van der Waals surface area contributed by atoms with Gasteiger partial charge in [-0.25, -0.2) is 4.79 Å². The average Bonchev–Trinajstić information content (AvgIpc) is 2.51. The van der Waals surface area contributed by atoms with Crippen LogP contribution < -0.4 is 4.74 Å². The van der Waals surface area contributed by atoms with Crippen molar-refractivity contribution in [1.29, 1.82) is 0 Å². The number of carbonyl (C=O) groups is 1. The Labute approximate surface area is 137 Å². The van der Waals surface area contributed by atoms with Crippen LogP contribution in [0.25, 0.3) is 0 Å². The van der Waals surface area contributed by atoms with E-state index in [2.05, 4.69) is 6.92 Å². The van der Waals surface area contributed by atoms with Gasteiger partial charge in [0.1, 0.15) is 5.75 Å². The summed E-state index contributed by atoms with van der Waals surface area (Å²) in [4.78, 5) is 11.3. The number of carbonyl (C=O) groups excluding carboxylic acids is 1. The lowest BCUT2D eigenvalue weighted by Gasteiger charge is -2.07. The molecule has 0 radical (unpaired) electrons. The third kappa shape index (κ3) is 8.56. The molecule has 0 atom stereocenters. The predicted molar refractivity (Wildman–Crippen MR) is 86.1 cm³/mol. The van der Waals surface area contributed by atoms with Gasteiger partial charge in [0.05, 0.1) is 11.5 Å². The topological polar surface area (TPSA) is 89.9 Å². The highest BCUT2D eigenvalue weighted by Crippen LogP contribution is 2.15. The van der Waals surface area contributed by atoms with E-state index in [1.54, 1.807) is 0 Å². The second-order valence-electron chi connectivity index (χ2n) is 5.22. The van der Waals surface area contributed by atoms with Gasteiger partial charge in [-0.3, -0.25) is 4.55 Å². The number of hydrogen-bond donors (Lipinski definition) is 1. The quantitative estimate of drug-likeness (QED) is 0.376. The Bertz CT molecular complexity index is 565. The minimum absolute atomic E-state index is 0.226. The van der Waals surface area contributed by atoms with Crippen LogP contribution in [0.5, 0.6) is 5.75 Å². The SMILES string of the molecule is CCCCCCCCOC(=O)COc1ccc(S(=O)(=O)O)cc1. The van der Waals surface area contributed by atoms with Crippen LogP contribution in [0.3, 0.4) is 0 Å². The van der Waals surface area contributed by atoms with Gasteiger partial charge in [-0.2, -0.15) is 8.42 Å². The summed E-state index contributed by atoms with van der Waals surface area (Å²) in [5.41, 5.74) is 0. The number of rotatable bonds is 11. The molecular weight excluding hydrogens is 320 g/mol. The molecule has 7 heteroatoms. The number of benzene rings is 1. The first-order valence-electron chi connectivity index (χ1n) is 7.79. The Hall–Kier alpha value is -1.60. The van der Waals surface area contributed by atoms with E-state index < -0.39 is 16.1 Å². The van der Waals surface area contributed by atoms with Crippen molar-refractivity contribution >= 4 is 16.1 Å². The molecule has 0 amide bonds. The molecule has 130 valence electrons. The number of ether oxygens (including phenoxy) is 2. The average molecular weight is 344 g/mol. The first kappa shape index (κ1) is 19.4. The minimum atomic E-state index is -4.22. The van der Waals surface area contributed by atoms with Gasteiger partial charge in [-0.05, 0) is 30.7 Å². The molecule has 0 aromatic heterocycles. The van der Waals surface area contributed by atoms with Crippen molar-refractivity contribution in [3.05, 3.63) is 24.3 Å². The molecule has 0 heterocycles. The van der Waals surface area contributed by atoms with Gasteiger partial charge in [0.25, 0.3) is 10.1 Å². The number of esters is 1. The fraction of sp³-hybridized carbons (Fsp3) is 0.562. The fourth-order valence-electron chi connectivity index (χ4n) is 1.96. The summed E-state index contributed by atoms with van der Waals surface area (Å²) in [6, 6.07) is 5.13. The Kier molecular flexibility index (Phi) is 8.65. The molecule has 0 aliphatic rings. The lowest BCUT2D eigenvalue weighted by atomic mass is 10.1. The van der Waals surface area contributed by atoms with Crippen LogP contribution in [-0.2, 0) is 19.6 Å². The molecular formula is C16H24O6S. The van der Waals surface area contributed by atoms with E-state index in [1.165, 1.54) is 43.5 Å². The predicted octanol–water partition coefficient (Wildman–Crippen LogP) is 3.22. The molecule has 0 aliphatic carbocycles. The van der Waals surface area contributed by atoms with E-state index in [0.717, 1.165) is 19.3 Å². The smallest absolute Gasteiger partial charge is 0.344 e. The number of hydrogen-bond acceptors (Lipinski definition) is 5. The standard InChI is InChI=1S/C16H24O6S/c1-2-3-4-5-6-7-12-21-16(17)13-22-14-8-10-15(11-9-14)23(18,19)20/h8-11H,2-7,12-13H2,1H3,(H,18,19,20). The Morgan fingerprint density at radius 2 is 1.65 bits per heavy atom. The maximum atomic E-state index is 11.5. The molecule has 0 spiro atoms. The lowest BCUT2D eigenvalue weighted by Crippen LogP contribution is -2.15. The monoisotopic (exact) mass is 344 g/mol. The van der Waals surface area contributed by atoms with Crippen LogP contribution in [0.2, 0.25) is 0 Å². The third-order valence-corrected chi connectivity index (χ3v) is 4.11. The molecule has 0 unspecified atom stereocenters. The van der Waals surface area contributed by atoms with Gasteiger partial charge in [0.15, 0.2) is 6.61 Å². The van der Waals surface area contributed by atoms with E-state index in [9.17, 15) is 13.2 Å². The number of unbranched alkanes of at least 4 members (excludes halogenated alkanes) is 5. The molecule has 1 aromatic rings. The summed E-state index contributed by atoms with van der Waals surface area (Å²) in [7, 11) is -4.22. The van der Waals surface area contributed by atoms with Crippen LogP contribution in [0.4, 0.5) is 0 Å². The van der Waals surface area contributed by atoms with Gasteiger partial charge in [-0.15, -0.1) is 0 Å². The highest BCUT2D eigenvalue weighted by molar-refractivity contribution is 7.85. The zero-order chi connectivity index (χ0) is 17.1. The van der Waals surface area contributed by atoms with Gasteiger partial charge >= 0.3 is 5.97 Å². The molecule has 23 heavy (non-hydrogen) atoms. The molecule has 1 rings (SSSR count). The fourth-order valence-corrected chi connectivity index (χ4v) is 2.44. The Morgan fingerprint density at radius 3 is 2.26 bits per heavy atom. The zero-order valence-electron chi connectivity index (χ0n) is 13.4. The molecule has 0 fully saturated rings. The Balaban J connectivity index is 2.18. The second-order valence-corrected chi connectivity index (χ2v) is 6.64. The maximum Gasteiger partial charge on any atom is 0.344 e. The van der Waals surface area contributed by atoms with E-state index in [0.29, 0.717) is 12.4 Å². The van der Waals surface area contributed by atoms with Crippen LogP contribution in [-0.4, -0.2) is 32.2 Å². The van der Waals surface area contributed by atoms with Gasteiger partial charge < -0.3 is 9.47 Å². The maximum absolute atomic E-state index is 11.5. The van der Waals surface area contributed by atoms with Crippen molar-refractivity contribution < 1.29 is 27.2 Å². The van der Waals surface area contributed by atoms with E-state index in [-0.39, 0.29) is 11.5 Å². The first-order chi connectivity index (χ1) is 10.9. The molecule has 0 bridgehead atoms. The first-order valence-corrected chi connectivity index (χ1v) is 9.23. The summed E-state index contributed by atoms with van der Waals surface area (Å²) >= 11 is 0. The molecule has 1 N–H and O–H groups in total. The highest BCUT2D eigenvalue weighted by atomic mass is 32.2. The van der Waals surface area contributed by atoms with Crippen molar-refractivity contribution in [2.75, 3.05) is 13.2 Å². The molecule has 0 saturated carbocycles. The summed E-state index contributed by atoms with van der Waals surface area (Å²) < 4.78 is 40.8. The summed E-state index contributed by atoms with van der Waals surface area (Å²) in [5, 5.41) is 0. The van der Waals surface area contributed by atoms with Gasteiger partial charge in [-0.1, -0.05) is 39.0 Å². The van der Waals surface area contributed by atoms with Crippen LogP contribution in [0, 0.1) is 0 Å². The minimum Gasteiger partial charge on any atom is -0.482 e. The second kappa shape index (κ2) is 10.2. The Morgan fingerprint density at radius 1 is 1.04 bits per heavy atom. The van der Waals surface area contributed by atoms with Gasteiger partial charge in [0.2, 0.25) is 0 Å². The lowest BCUT2D eigenvalue weighted by molar-refractivity contribution is -0.146. The van der Waals surface area contributed by atoms with E-state index in [4.69, 9.17) is 14.0 Å². The molecule has 0 aliphatic heterocycles. The largest absolute Gasteiger partial charge is 0.482 e. The molecule has 6 nitrogen and oxygen atoms in total.